The van der Waals surface area contributed by atoms with E-state index in [1.165, 1.54) is 32.0 Å². The van der Waals surface area contributed by atoms with Gasteiger partial charge >= 0.3 is 5.97 Å². The first kappa shape index (κ1) is 12.8. The molecule has 1 aliphatic heterocycles. The highest BCUT2D eigenvalue weighted by Crippen LogP contribution is 2.31. The molecule has 5 nitrogen and oxygen atoms in total. The fourth-order valence-corrected chi connectivity index (χ4v) is 2.65. The minimum absolute atomic E-state index is 0.0890. The molecule has 0 saturated heterocycles. The molecule has 1 aliphatic rings. The molecule has 0 spiro atoms. The Morgan fingerprint density at radius 1 is 1.50 bits per heavy atom. The monoisotopic (exact) mass is 267 g/mol. The average molecular weight is 267 g/mol. The minimum Gasteiger partial charge on any atom is -0.507 e. The van der Waals surface area contributed by atoms with Crippen LogP contribution in [-0.4, -0.2) is 42.1 Å². The Morgan fingerprint density at radius 2 is 2.28 bits per heavy atom. The van der Waals surface area contributed by atoms with E-state index in [4.69, 9.17) is 4.74 Å². The lowest BCUT2D eigenvalue weighted by Crippen LogP contribution is -2.19. The normalized spacial score (nSPS) is 18.3. The van der Waals surface area contributed by atoms with Gasteiger partial charge in [-0.2, -0.15) is 0 Å². The second kappa shape index (κ2) is 5.30. The van der Waals surface area contributed by atoms with Gasteiger partial charge in [0.15, 0.2) is 6.04 Å². The number of carbonyl (C=O) groups excluding carboxylic acids is 1. The Morgan fingerprint density at radius 3 is 2.89 bits per heavy atom. The van der Waals surface area contributed by atoms with E-state index in [1.807, 2.05) is 0 Å². The van der Waals surface area contributed by atoms with E-state index in [0.717, 1.165) is 0 Å². The van der Waals surface area contributed by atoms with Crippen LogP contribution in [0.4, 0.5) is 0 Å². The third-order valence-corrected chi connectivity index (χ3v) is 3.64. The number of esters is 1. The van der Waals surface area contributed by atoms with Gasteiger partial charge in [-0.05, 0) is 12.1 Å². The van der Waals surface area contributed by atoms with Gasteiger partial charge in [-0.1, -0.05) is 0 Å². The quantitative estimate of drug-likeness (QED) is 0.839. The summed E-state index contributed by atoms with van der Waals surface area (Å²) >= 11 is 1.42. The number of nitrogens with zero attached hydrogens (tertiary/aromatic N) is 1. The van der Waals surface area contributed by atoms with Gasteiger partial charge in [0.05, 0.1) is 14.2 Å². The number of carbonyl (C=O) groups is 1. The van der Waals surface area contributed by atoms with E-state index in [1.54, 1.807) is 12.1 Å². The van der Waals surface area contributed by atoms with Crippen molar-refractivity contribution in [2.24, 2.45) is 4.99 Å². The summed E-state index contributed by atoms with van der Waals surface area (Å²) in [7, 11) is 2.87. The van der Waals surface area contributed by atoms with Gasteiger partial charge in [-0.3, -0.25) is 4.99 Å². The van der Waals surface area contributed by atoms with E-state index < -0.39 is 6.04 Å². The van der Waals surface area contributed by atoms with Crippen molar-refractivity contribution >= 4 is 22.8 Å². The molecule has 2 rings (SSSR count). The highest BCUT2D eigenvalue weighted by atomic mass is 32.2. The van der Waals surface area contributed by atoms with Gasteiger partial charge in [0.1, 0.15) is 16.5 Å². The van der Waals surface area contributed by atoms with E-state index in [-0.39, 0.29) is 11.7 Å². The molecule has 1 aromatic rings. The Hall–Kier alpha value is -1.69. The number of benzene rings is 1. The van der Waals surface area contributed by atoms with Crippen LogP contribution in [0, 0.1) is 0 Å². The molecule has 0 aliphatic carbocycles. The summed E-state index contributed by atoms with van der Waals surface area (Å²) in [4.78, 5) is 15.6. The summed E-state index contributed by atoms with van der Waals surface area (Å²) in [5, 5.41) is 10.5. The summed E-state index contributed by atoms with van der Waals surface area (Å²) in [5.74, 6) is 0.842. The molecule has 0 fully saturated rings. The van der Waals surface area contributed by atoms with Crippen molar-refractivity contribution in [1.82, 2.24) is 0 Å². The number of rotatable bonds is 3. The zero-order valence-corrected chi connectivity index (χ0v) is 10.9. The Labute approximate surface area is 109 Å². The Kier molecular flexibility index (Phi) is 3.76. The van der Waals surface area contributed by atoms with E-state index in [0.29, 0.717) is 22.1 Å². The molecule has 6 heteroatoms. The van der Waals surface area contributed by atoms with Crippen LogP contribution >= 0.6 is 11.8 Å². The van der Waals surface area contributed by atoms with Crippen LogP contribution in [0.15, 0.2) is 23.2 Å². The molecular weight excluding hydrogens is 254 g/mol. The fourth-order valence-electron chi connectivity index (χ4n) is 1.60. The van der Waals surface area contributed by atoms with Gasteiger partial charge in [0.2, 0.25) is 0 Å². The van der Waals surface area contributed by atoms with Crippen molar-refractivity contribution in [2.75, 3.05) is 20.0 Å². The molecule has 0 saturated carbocycles. The molecule has 1 N–H and O–H groups in total. The molecular formula is C12H13NO4S. The fraction of sp³-hybridized carbons (Fsp3) is 0.333. The first-order valence-electron chi connectivity index (χ1n) is 5.31. The Balaban J connectivity index is 2.25. The number of methoxy groups -OCH3 is 2. The summed E-state index contributed by atoms with van der Waals surface area (Å²) in [6.45, 7) is 0. The predicted molar refractivity (Wildman–Crippen MR) is 69.5 cm³/mol. The highest BCUT2D eigenvalue weighted by molar-refractivity contribution is 8.14. The summed E-state index contributed by atoms with van der Waals surface area (Å²) in [5.41, 5.74) is 0.604. The zero-order chi connectivity index (χ0) is 13.1. The second-order valence-electron chi connectivity index (χ2n) is 3.67. The van der Waals surface area contributed by atoms with E-state index in [2.05, 4.69) is 9.73 Å². The van der Waals surface area contributed by atoms with Crippen LogP contribution < -0.4 is 4.74 Å². The third kappa shape index (κ3) is 2.43. The van der Waals surface area contributed by atoms with Gasteiger partial charge in [0.25, 0.3) is 0 Å². The van der Waals surface area contributed by atoms with Crippen molar-refractivity contribution in [3.05, 3.63) is 23.8 Å². The lowest BCUT2D eigenvalue weighted by Gasteiger charge is -2.05. The number of hydrogen-bond donors (Lipinski definition) is 1. The van der Waals surface area contributed by atoms with Gasteiger partial charge < -0.3 is 14.6 Å². The SMILES string of the molecule is COC(=O)C1CSC(c2ccc(OC)cc2O)=N1. The summed E-state index contributed by atoms with van der Waals surface area (Å²) in [6.07, 6.45) is 0. The highest BCUT2D eigenvalue weighted by Gasteiger charge is 2.27. The number of hydrogen-bond acceptors (Lipinski definition) is 6. The van der Waals surface area contributed by atoms with Crippen molar-refractivity contribution < 1.29 is 19.4 Å². The van der Waals surface area contributed by atoms with E-state index >= 15 is 0 Å². The topological polar surface area (TPSA) is 68.1 Å². The summed E-state index contributed by atoms with van der Waals surface area (Å²) in [6, 6.07) is 4.49. The molecule has 1 unspecified atom stereocenters. The van der Waals surface area contributed by atoms with Gasteiger partial charge in [-0.25, -0.2) is 4.79 Å². The standard InChI is InChI=1S/C12H13NO4S/c1-16-7-3-4-8(10(14)5-7)11-13-9(6-18-11)12(15)17-2/h3-5,9,14H,6H2,1-2H3. The van der Waals surface area contributed by atoms with Crippen LogP contribution in [-0.2, 0) is 9.53 Å². The second-order valence-corrected chi connectivity index (χ2v) is 4.68. The minimum atomic E-state index is -0.489. The molecule has 96 valence electrons. The first-order chi connectivity index (χ1) is 8.65. The maximum atomic E-state index is 11.4. The molecule has 0 bridgehead atoms. The van der Waals surface area contributed by atoms with Crippen LogP contribution in [0.5, 0.6) is 11.5 Å². The van der Waals surface area contributed by atoms with Crippen molar-refractivity contribution in [1.29, 1.82) is 0 Å². The van der Waals surface area contributed by atoms with Crippen LogP contribution in [0.1, 0.15) is 5.56 Å². The number of aromatic hydroxyl groups is 1. The van der Waals surface area contributed by atoms with Gasteiger partial charge in [-0.15, -0.1) is 11.8 Å². The maximum absolute atomic E-state index is 11.4. The number of aliphatic imine (C=N–C) groups is 1. The molecule has 0 radical (unpaired) electrons. The van der Waals surface area contributed by atoms with Crippen LogP contribution in [0.3, 0.4) is 0 Å². The predicted octanol–water partition coefficient (Wildman–Crippen LogP) is 1.44. The van der Waals surface area contributed by atoms with Crippen molar-refractivity contribution in [2.45, 2.75) is 6.04 Å². The number of ether oxygens (including phenoxy) is 2. The average Bonchev–Trinajstić information content (AvgIpc) is 2.87. The Bertz CT molecular complexity index is 501. The molecule has 0 amide bonds. The van der Waals surface area contributed by atoms with Crippen molar-refractivity contribution in [3.8, 4) is 11.5 Å². The number of thioether (sulfide) groups is 1. The molecule has 18 heavy (non-hydrogen) atoms. The number of phenols is 1. The zero-order valence-electron chi connectivity index (χ0n) is 10.0. The molecule has 1 heterocycles. The van der Waals surface area contributed by atoms with Crippen LogP contribution in [0.2, 0.25) is 0 Å². The lowest BCUT2D eigenvalue weighted by atomic mass is 10.2. The smallest absolute Gasteiger partial charge is 0.331 e. The summed E-state index contributed by atoms with van der Waals surface area (Å²) < 4.78 is 9.65. The van der Waals surface area contributed by atoms with E-state index in [9.17, 15) is 9.90 Å². The third-order valence-electron chi connectivity index (χ3n) is 2.56. The lowest BCUT2D eigenvalue weighted by molar-refractivity contribution is -0.141. The molecule has 1 atom stereocenters. The number of phenolic OH excluding ortho intramolecular Hbond substituents is 1. The maximum Gasteiger partial charge on any atom is 0.331 e. The van der Waals surface area contributed by atoms with Gasteiger partial charge in [0, 0.05) is 17.4 Å². The van der Waals surface area contributed by atoms with Crippen LogP contribution in [0.25, 0.3) is 0 Å². The molecule has 0 aromatic heterocycles. The molecule has 1 aromatic carbocycles. The van der Waals surface area contributed by atoms with Crippen molar-refractivity contribution in [3.63, 3.8) is 0 Å². The first-order valence-corrected chi connectivity index (χ1v) is 6.30. The largest absolute Gasteiger partial charge is 0.507 e.